The van der Waals surface area contributed by atoms with Crippen LogP contribution in [0.5, 0.6) is 0 Å². The zero-order chi connectivity index (χ0) is 13.1. The molecule has 1 aliphatic rings. The maximum Gasteiger partial charge on any atom is 0.241 e. The molecule has 5 heteroatoms. The van der Waals surface area contributed by atoms with Crippen molar-refractivity contribution in [1.82, 2.24) is 15.1 Å². The molecule has 1 aromatic heterocycles. The van der Waals surface area contributed by atoms with Crippen molar-refractivity contribution in [3.63, 3.8) is 0 Å². The summed E-state index contributed by atoms with van der Waals surface area (Å²) in [4.78, 5) is 12.2. The Morgan fingerprint density at radius 3 is 2.83 bits per heavy atom. The number of anilines is 1. The van der Waals surface area contributed by atoms with Crippen LogP contribution in [0.15, 0.2) is 0 Å². The Bertz CT molecular complexity index is 430. The van der Waals surface area contributed by atoms with E-state index in [1.807, 2.05) is 20.9 Å². The van der Waals surface area contributed by atoms with Gasteiger partial charge in [0.25, 0.3) is 0 Å². The molecule has 0 saturated carbocycles. The Hall–Kier alpha value is -1.36. The highest BCUT2D eigenvalue weighted by Gasteiger charge is 2.21. The van der Waals surface area contributed by atoms with E-state index in [4.69, 9.17) is 0 Å². The molecular weight excluding hydrogens is 228 g/mol. The Morgan fingerprint density at radius 2 is 2.17 bits per heavy atom. The van der Waals surface area contributed by atoms with Gasteiger partial charge in [-0.2, -0.15) is 5.10 Å². The minimum absolute atomic E-state index is 0.0634. The number of carbonyl (C=O) groups excluding carboxylic acids is 1. The van der Waals surface area contributed by atoms with Gasteiger partial charge in [-0.15, -0.1) is 0 Å². The molecule has 1 unspecified atom stereocenters. The van der Waals surface area contributed by atoms with Gasteiger partial charge in [-0.1, -0.05) is 12.8 Å². The lowest BCUT2D eigenvalue weighted by Crippen LogP contribution is -2.40. The third-order valence-corrected chi connectivity index (χ3v) is 3.63. The number of aromatic nitrogens is 2. The molecule has 1 atom stereocenters. The monoisotopic (exact) mass is 250 g/mol. The van der Waals surface area contributed by atoms with Crippen molar-refractivity contribution in [2.45, 2.75) is 45.6 Å². The van der Waals surface area contributed by atoms with E-state index in [2.05, 4.69) is 15.7 Å². The summed E-state index contributed by atoms with van der Waals surface area (Å²) in [5, 5.41) is 10.6. The molecular formula is C13H22N4O. The number of rotatable bonds is 2. The lowest BCUT2D eigenvalue weighted by molar-refractivity contribution is -0.118. The average molecular weight is 250 g/mol. The van der Waals surface area contributed by atoms with E-state index in [0.717, 1.165) is 42.9 Å². The van der Waals surface area contributed by atoms with Gasteiger partial charge in [0.2, 0.25) is 5.91 Å². The number of nitrogens with zero attached hydrogens (tertiary/aromatic N) is 2. The fraction of sp³-hybridized carbons (Fsp3) is 0.692. The highest BCUT2D eigenvalue weighted by atomic mass is 16.2. The summed E-state index contributed by atoms with van der Waals surface area (Å²) in [6.07, 6.45) is 4.41. The van der Waals surface area contributed by atoms with Gasteiger partial charge in [0.1, 0.15) is 0 Å². The van der Waals surface area contributed by atoms with Gasteiger partial charge in [-0.25, -0.2) is 0 Å². The largest absolute Gasteiger partial charge is 0.322 e. The number of hydrogen-bond acceptors (Lipinski definition) is 3. The smallest absolute Gasteiger partial charge is 0.241 e. The Labute approximate surface area is 108 Å². The lowest BCUT2D eigenvalue weighted by Gasteiger charge is -2.15. The molecule has 0 aromatic carbocycles. The summed E-state index contributed by atoms with van der Waals surface area (Å²) in [5.74, 6) is 0.0658. The van der Waals surface area contributed by atoms with Crippen LogP contribution in [0, 0.1) is 13.8 Å². The van der Waals surface area contributed by atoms with Crippen LogP contribution in [-0.2, 0) is 11.8 Å². The quantitative estimate of drug-likeness (QED) is 0.836. The second-order valence-electron chi connectivity index (χ2n) is 5.01. The van der Waals surface area contributed by atoms with E-state index in [0.29, 0.717) is 0 Å². The SMILES string of the molecule is Cc1nn(C)c(C)c1NC(=O)C1CCCCCN1. The first kappa shape index (κ1) is 13.1. The number of nitrogens with one attached hydrogen (secondary N) is 2. The molecule has 0 radical (unpaired) electrons. The number of hydrogen-bond donors (Lipinski definition) is 2. The van der Waals surface area contributed by atoms with E-state index in [1.54, 1.807) is 4.68 Å². The molecule has 1 fully saturated rings. The van der Waals surface area contributed by atoms with E-state index in [-0.39, 0.29) is 11.9 Å². The van der Waals surface area contributed by atoms with Gasteiger partial charge in [0.15, 0.2) is 0 Å². The molecule has 0 aliphatic carbocycles. The maximum absolute atomic E-state index is 12.2. The van der Waals surface area contributed by atoms with Crippen LogP contribution in [0.3, 0.4) is 0 Å². The third-order valence-electron chi connectivity index (χ3n) is 3.63. The van der Waals surface area contributed by atoms with Gasteiger partial charge < -0.3 is 10.6 Å². The Kier molecular flexibility index (Phi) is 4.01. The zero-order valence-electron chi connectivity index (χ0n) is 11.4. The molecule has 2 heterocycles. The highest BCUT2D eigenvalue weighted by Crippen LogP contribution is 2.19. The molecule has 0 spiro atoms. The van der Waals surface area contributed by atoms with Crippen LogP contribution < -0.4 is 10.6 Å². The predicted octanol–water partition coefficient (Wildman–Crippen LogP) is 1.51. The van der Waals surface area contributed by atoms with Crippen LogP contribution in [-0.4, -0.2) is 28.3 Å². The summed E-state index contributed by atoms with van der Waals surface area (Å²) in [7, 11) is 1.89. The molecule has 2 N–H and O–H groups in total. The number of carbonyl (C=O) groups is 1. The predicted molar refractivity (Wildman–Crippen MR) is 71.6 cm³/mol. The first-order chi connectivity index (χ1) is 8.59. The van der Waals surface area contributed by atoms with Gasteiger partial charge in [-0.05, 0) is 33.2 Å². The molecule has 18 heavy (non-hydrogen) atoms. The highest BCUT2D eigenvalue weighted by molar-refractivity contribution is 5.95. The van der Waals surface area contributed by atoms with Crippen molar-refractivity contribution in [2.75, 3.05) is 11.9 Å². The van der Waals surface area contributed by atoms with Crippen LogP contribution >= 0.6 is 0 Å². The van der Waals surface area contributed by atoms with Crippen molar-refractivity contribution < 1.29 is 4.79 Å². The van der Waals surface area contributed by atoms with Crippen molar-refractivity contribution in [1.29, 1.82) is 0 Å². The first-order valence-electron chi connectivity index (χ1n) is 6.64. The Balaban J connectivity index is 2.06. The van der Waals surface area contributed by atoms with Crippen molar-refractivity contribution in [3.8, 4) is 0 Å². The maximum atomic E-state index is 12.2. The molecule has 1 aromatic rings. The molecule has 100 valence electrons. The van der Waals surface area contributed by atoms with Crippen molar-refractivity contribution in [3.05, 3.63) is 11.4 Å². The van der Waals surface area contributed by atoms with Gasteiger partial charge >= 0.3 is 0 Å². The summed E-state index contributed by atoms with van der Waals surface area (Å²) in [5.41, 5.74) is 2.72. The molecule has 1 amide bonds. The molecule has 1 aliphatic heterocycles. The van der Waals surface area contributed by atoms with E-state index in [9.17, 15) is 4.79 Å². The fourth-order valence-corrected chi connectivity index (χ4v) is 2.42. The molecule has 5 nitrogen and oxygen atoms in total. The zero-order valence-corrected chi connectivity index (χ0v) is 11.4. The summed E-state index contributed by atoms with van der Waals surface area (Å²) in [6.45, 7) is 4.82. The molecule has 2 rings (SSSR count). The van der Waals surface area contributed by atoms with E-state index < -0.39 is 0 Å². The normalized spacial score (nSPS) is 20.5. The first-order valence-corrected chi connectivity index (χ1v) is 6.64. The van der Waals surface area contributed by atoms with E-state index >= 15 is 0 Å². The summed E-state index contributed by atoms with van der Waals surface area (Å²) >= 11 is 0. The summed E-state index contributed by atoms with van der Waals surface area (Å²) < 4.78 is 1.80. The second kappa shape index (κ2) is 5.52. The van der Waals surface area contributed by atoms with Crippen LogP contribution in [0.4, 0.5) is 5.69 Å². The van der Waals surface area contributed by atoms with Gasteiger partial charge in [0, 0.05) is 7.05 Å². The van der Waals surface area contributed by atoms with Gasteiger partial charge in [0.05, 0.1) is 23.1 Å². The fourth-order valence-electron chi connectivity index (χ4n) is 2.42. The number of amides is 1. The van der Waals surface area contributed by atoms with Crippen LogP contribution in [0.1, 0.15) is 37.1 Å². The average Bonchev–Trinajstić information content (AvgIpc) is 2.58. The molecule has 1 saturated heterocycles. The van der Waals surface area contributed by atoms with Crippen LogP contribution in [0.25, 0.3) is 0 Å². The standard InChI is InChI=1S/C13H22N4O/c1-9-12(10(2)17(3)16-9)15-13(18)11-7-5-4-6-8-14-11/h11,14H,4-8H2,1-3H3,(H,15,18). The van der Waals surface area contributed by atoms with Crippen molar-refractivity contribution >= 4 is 11.6 Å². The molecule has 0 bridgehead atoms. The lowest BCUT2D eigenvalue weighted by atomic mass is 10.1. The van der Waals surface area contributed by atoms with E-state index in [1.165, 1.54) is 6.42 Å². The summed E-state index contributed by atoms with van der Waals surface area (Å²) in [6, 6.07) is -0.0634. The minimum Gasteiger partial charge on any atom is -0.322 e. The van der Waals surface area contributed by atoms with Gasteiger partial charge in [-0.3, -0.25) is 9.48 Å². The second-order valence-corrected chi connectivity index (χ2v) is 5.01. The topological polar surface area (TPSA) is 59.0 Å². The Morgan fingerprint density at radius 1 is 1.39 bits per heavy atom. The minimum atomic E-state index is -0.0634. The van der Waals surface area contributed by atoms with Crippen molar-refractivity contribution in [2.24, 2.45) is 7.05 Å². The third kappa shape index (κ3) is 2.72. The van der Waals surface area contributed by atoms with Crippen LogP contribution in [0.2, 0.25) is 0 Å². The number of aryl methyl sites for hydroxylation is 2.